The van der Waals surface area contributed by atoms with Gasteiger partial charge in [-0.3, -0.25) is 4.28 Å². The van der Waals surface area contributed by atoms with E-state index in [1.54, 1.807) is 0 Å². The van der Waals surface area contributed by atoms with Crippen LogP contribution in [0.1, 0.15) is 13.3 Å². The highest BCUT2D eigenvalue weighted by atomic mass is 32.2. The molecule has 0 N–H and O–H groups in total. The zero-order chi connectivity index (χ0) is 8.04. The van der Waals surface area contributed by atoms with Crippen molar-refractivity contribution in [1.29, 1.82) is 0 Å². The largest absolute Gasteiger partial charge is 0.350 e. The van der Waals surface area contributed by atoms with Gasteiger partial charge in [0, 0.05) is 6.21 Å². The summed E-state index contributed by atoms with van der Waals surface area (Å²) in [6.07, 6.45) is 1.98. The lowest BCUT2D eigenvalue weighted by molar-refractivity contribution is 0.347. The molecule has 0 atom stereocenters. The molecule has 5 heteroatoms. The fourth-order valence-electron chi connectivity index (χ4n) is 0.195. The van der Waals surface area contributed by atoms with Gasteiger partial charge in [-0.2, -0.15) is 8.42 Å². The summed E-state index contributed by atoms with van der Waals surface area (Å²) in [7, 11) is -3.63. The Morgan fingerprint density at radius 2 is 2.30 bits per heavy atom. The van der Waals surface area contributed by atoms with Crippen LogP contribution in [0.5, 0.6) is 0 Å². The van der Waals surface area contributed by atoms with Gasteiger partial charge in [0.15, 0.2) is 0 Å². The molecule has 4 nitrogen and oxygen atoms in total. The molecule has 0 radical (unpaired) electrons. The lowest BCUT2D eigenvalue weighted by Crippen LogP contribution is -1.94. The smallest absolute Gasteiger partial charge is 0.266 e. The van der Waals surface area contributed by atoms with E-state index in [4.69, 9.17) is 0 Å². The van der Waals surface area contributed by atoms with Crippen molar-refractivity contribution in [1.82, 2.24) is 0 Å². The normalized spacial score (nSPS) is 11.7. The van der Waals surface area contributed by atoms with Gasteiger partial charge in [0.25, 0.3) is 0 Å². The van der Waals surface area contributed by atoms with Crippen molar-refractivity contribution in [3.63, 3.8) is 0 Å². The van der Waals surface area contributed by atoms with Crippen molar-refractivity contribution in [2.24, 2.45) is 5.16 Å². The SMILES string of the molecule is C=CS(=O)(=O)ON=CCC. The van der Waals surface area contributed by atoms with Crippen molar-refractivity contribution < 1.29 is 12.7 Å². The number of oxime groups is 1. The molecule has 0 spiro atoms. The minimum Gasteiger partial charge on any atom is -0.266 e. The lowest BCUT2D eigenvalue weighted by Gasteiger charge is -1.90. The van der Waals surface area contributed by atoms with Gasteiger partial charge in [0.1, 0.15) is 0 Å². The molecule has 0 aromatic rings. The van der Waals surface area contributed by atoms with E-state index in [1.807, 2.05) is 6.92 Å². The highest BCUT2D eigenvalue weighted by Crippen LogP contribution is 1.92. The first-order valence-corrected chi connectivity index (χ1v) is 4.17. The van der Waals surface area contributed by atoms with E-state index in [0.29, 0.717) is 11.8 Å². The summed E-state index contributed by atoms with van der Waals surface area (Å²) in [4.78, 5) is 0. The Bertz CT molecular complexity index is 217. The molecule has 0 aliphatic carbocycles. The van der Waals surface area contributed by atoms with E-state index in [-0.39, 0.29) is 0 Å². The van der Waals surface area contributed by atoms with Crippen molar-refractivity contribution in [2.45, 2.75) is 13.3 Å². The molecule has 0 aliphatic heterocycles. The van der Waals surface area contributed by atoms with Gasteiger partial charge in [-0.05, 0) is 6.42 Å². The molecule has 0 aromatic heterocycles. The maximum atomic E-state index is 10.4. The van der Waals surface area contributed by atoms with E-state index < -0.39 is 10.1 Å². The van der Waals surface area contributed by atoms with Gasteiger partial charge < -0.3 is 0 Å². The second kappa shape index (κ2) is 4.05. The van der Waals surface area contributed by atoms with Crippen LogP contribution in [0.2, 0.25) is 0 Å². The number of hydrogen-bond donors (Lipinski definition) is 0. The first kappa shape index (κ1) is 9.16. The van der Waals surface area contributed by atoms with Gasteiger partial charge in [0.05, 0.1) is 5.41 Å². The second-order valence-corrected chi connectivity index (χ2v) is 2.90. The van der Waals surface area contributed by atoms with E-state index in [2.05, 4.69) is 16.0 Å². The Kier molecular flexibility index (Phi) is 3.71. The molecule has 0 bridgehead atoms. The first-order chi connectivity index (χ1) is 4.62. The molecular formula is C5H9NO3S. The van der Waals surface area contributed by atoms with Gasteiger partial charge in [0.2, 0.25) is 0 Å². The minimum atomic E-state index is -3.63. The van der Waals surface area contributed by atoms with Crippen molar-refractivity contribution in [3.8, 4) is 0 Å². The third-order valence-corrected chi connectivity index (χ3v) is 1.31. The topological polar surface area (TPSA) is 55.7 Å². The van der Waals surface area contributed by atoms with E-state index in [0.717, 1.165) is 0 Å². The van der Waals surface area contributed by atoms with E-state index >= 15 is 0 Å². The van der Waals surface area contributed by atoms with Gasteiger partial charge in [-0.25, -0.2) is 0 Å². The molecule has 0 fully saturated rings. The number of hydrogen-bond acceptors (Lipinski definition) is 4. The van der Waals surface area contributed by atoms with Crippen molar-refractivity contribution in [3.05, 3.63) is 12.0 Å². The van der Waals surface area contributed by atoms with Gasteiger partial charge >= 0.3 is 10.1 Å². The van der Waals surface area contributed by atoms with Crippen LogP contribution in [-0.4, -0.2) is 14.6 Å². The predicted molar refractivity (Wildman–Crippen MR) is 39.0 cm³/mol. The zero-order valence-electron chi connectivity index (χ0n) is 5.65. The molecule has 0 rings (SSSR count). The van der Waals surface area contributed by atoms with Crippen LogP contribution >= 0.6 is 0 Å². The van der Waals surface area contributed by atoms with Crippen LogP contribution in [0.25, 0.3) is 0 Å². The van der Waals surface area contributed by atoms with E-state index in [9.17, 15) is 8.42 Å². The second-order valence-electron chi connectivity index (χ2n) is 1.43. The third-order valence-electron chi connectivity index (χ3n) is 0.608. The summed E-state index contributed by atoms with van der Waals surface area (Å²) in [6.45, 7) is 4.84. The monoisotopic (exact) mass is 163 g/mol. The minimum absolute atomic E-state index is 0.632. The molecule has 0 unspecified atom stereocenters. The van der Waals surface area contributed by atoms with E-state index in [1.165, 1.54) is 6.21 Å². The maximum absolute atomic E-state index is 10.4. The summed E-state index contributed by atoms with van der Waals surface area (Å²) < 4.78 is 24.9. The Labute approximate surface area is 60.3 Å². The van der Waals surface area contributed by atoms with Crippen molar-refractivity contribution in [2.75, 3.05) is 0 Å². The highest BCUT2D eigenvalue weighted by molar-refractivity contribution is 7.89. The van der Waals surface area contributed by atoms with Crippen LogP contribution in [0.15, 0.2) is 17.1 Å². The average molecular weight is 163 g/mol. The Morgan fingerprint density at radius 1 is 1.70 bits per heavy atom. The summed E-state index contributed by atoms with van der Waals surface area (Å²) in [5.74, 6) is 0. The van der Waals surface area contributed by atoms with Crippen molar-refractivity contribution >= 4 is 16.3 Å². The Morgan fingerprint density at radius 3 is 2.70 bits per heavy atom. The molecule has 0 saturated carbocycles. The Hall–Kier alpha value is -0.840. The lowest BCUT2D eigenvalue weighted by atomic mass is 10.6. The van der Waals surface area contributed by atoms with Gasteiger partial charge in [-0.15, -0.1) is 0 Å². The summed E-state index contributed by atoms with van der Waals surface area (Å²) >= 11 is 0. The van der Waals surface area contributed by atoms with Crippen LogP contribution < -0.4 is 0 Å². The molecule has 0 amide bonds. The summed E-state index contributed by atoms with van der Waals surface area (Å²) in [6, 6.07) is 0. The number of rotatable bonds is 4. The molecule has 0 aliphatic rings. The predicted octanol–water partition coefficient (Wildman–Crippen LogP) is 0.872. The standard InChI is InChI=1S/C5H9NO3S/c1-3-5-6-9-10(7,8)4-2/h4-5H,2-3H2,1H3. The molecule has 0 aromatic carbocycles. The summed E-state index contributed by atoms with van der Waals surface area (Å²) in [5, 5.41) is 3.84. The summed E-state index contributed by atoms with van der Waals surface area (Å²) in [5.41, 5.74) is 0. The Balaban J connectivity index is 3.92. The average Bonchev–Trinajstić information content (AvgIpc) is 1.89. The first-order valence-electron chi connectivity index (χ1n) is 2.70. The van der Waals surface area contributed by atoms with Crippen LogP contribution in [0.4, 0.5) is 0 Å². The fraction of sp³-hybridized carbons (Fsp3) is 0.400. The quantitative estimate of drug-likeness (QED) is 0.456. The highest BCUT2D eigenvalue weighted by Gasteiger charge is 2.00. The maximum Gasteiger partial charge on any atom is 0.350 e. The molecule has 0 saturated heterocycles. The van der Waals surface area contributed by atoms with Crippen LogP contribution in [-0.2, 0) is 14.4 Å². The third kappa shape index (κ3) is 4.08. The van der Waals surface area contributed by atoms with Gasteiger partial charge in [-0.1, -0.05) is 18.7 Å². The zero-order valence-corrected chi connectivity index (χ0v) is 6.47. The fourth-order valence-corrected chi connectivity index (χ4v) is 0.437. The molecular weight excluding hydrogens is 154 g/mol. The molecule has 0 heterocycles. The van der Waals surface area contributed by atoms with Crippen LogP contribution in [0.3, 0.4) is 0 Å². The molecule has 58 valence electrons. The number of nitrogens with zero attached hydrogens (tertiary/aromatic N) is 1. The molecule has 10 heavy (non-hydrogen) atoms. The van der Waals surface area contributed by atoms with Crippen LogP contribution in [0, 0.1) is 0 Å².